The second-order valence-electron chi connectivity index (χ2n) is 5.45. The van der Waals surface area contributed by atoms with Gasteiger partial charge in [0.2, 0.25) is 0 Å². The highest BCUT2D eigenvalue weighted by Crippen LogP contribution is 2.29. The van der Waals surface area contributed by atoms with Crippen LogP contribution in [0.5, 0.6) is 11.5 Å². The number of nitrogens with one attached hydrogen (secondary N) is 1. The van der Waals surface area contributed by atoms with E-state index in [0.717, 1.165) is 27.7 Å². The number of fused-ring (bicyclic) bond motifs is 1. The van der Waals surface area contributed by atoms with E-state index in [1.807, 2.05) is 18.5 Å². The second-order valence-corrected chi connectivity index (χ2v) is 6.23. The molecule has 0 amide bonds. The Hall–Kier alpha value is -2.79. The third kappa shape index (κ3) is 2.55. The fourth-order valence-electron chi connectivity index (χ4n) is 2.69. The van der Waals surface area contributed by atoms with Crippen LogP contribution in [0.1, 0.15) is 11.1 Å². The number of thiophene rings is 1. The number of pyridine rings is 1. The van der Waals surface area contributed by atoms with Crippen LogP contribution < -0.4 is 0 Å². The summed E-state index contributed by atoms with van der Waals surface area (Å²) < 4.78 is 0. The van der Waals surface area contributed by atoms with Gasteiger partial charge in [-0.25, -0.2) is 4.98 Å². The molecule has 0 saturated carbocycles. The standard InChI is InChI=1S/C18H14N2O2S/c21-16-2-1-11(6-17(16)22)5-14-9-20-18-15(14)7-13(8-19-18)12-3-4-23-10-12/h1-4,6-10,21-22H,5H2,(H,19,20). The fourth-order valence-corrected chi connectivity index (χ4v) is 3.35. The van der Waals surface area contributed by atoms with Gasteiger partial charge in [-0.05, 0) is 58.1 Å². The second kappa shape index (κ2) is 5.44. The van der Waals surface area contributed by atoms with Crippen molar-refractivity contribution in [3.8, 4) is 22.6 Å². The van der Waals surface area contributed by atoms with Crippen molar-refractivity contribution in [1.29, 1.82) is 0 Å². The number of hydrogen-bond donors (Lipinski definition) is 3. The lowest BCUT2D eigenvalue weighted by Crippen LogP contribution is -1.87. The van der Waals surface area contributed by atoms with Crippen molar-refractivity contribution < 1.29 is 10.2 Å². The molecule has 0 aliphatic carbocycles. The summed E-state index contributed by atoms with van der Waals surface area (Å²) in [7, 11) is 0. The maximum absolute atomic E-state index is 9.64. The Bertz CT molecular complexity index is 974. The number of aromatic nitrogens is 2. The van der Waals surface area contributed by atoms with E-state index in [2.05, 4.69) is 32.9 Å². The van der Waals surface area contributed by atoms with Crippen molar-refractivity contribution in [3.05, 3.63) is 64.6 Å². The van der Waals surface area contributed by atoms with Gasteiger partial charge in [-0.15, -0.1) is 0 Å². The molecule has 4 nitrogen and oxygen atoms in total. The van der Waals surface area contributed by atoms with Gasteiger partial charge in [-0.1, -0.05) is 6.07 Å². The van der Waals surface area contributed by atoms with E-state index in [9.17, 15) is 10.2 Å². The number of H-pyrrole nitrogens is 1. The Morgan fingerprint density at radius 2 is 1.96 bits per heavy atom. The van der Waals surface area contributed by atoms with Crippen molar-refractivity contribution in [2.45, 2.75) is 6.42 Å². The molecule has 0 aliphatic heterocycles. The molecule has 1 aromatic carbocycles. The van der Waals surface area contributed by atoms with E-state index < -0.39 is 0 Å². The first-order chi connectivity index (χ1) is 11.2. The van der Waals surface area contributed by atoms with Gasteiger partial charge in [0.1, 0.15) is 5.65 Å². The van der Waals surface area contributed by atoms with Crippen LogP contribution in [0, 0.1) is 0 Å². The number of phenols is 2. The average Bonchev–Trinajstić information content (AvgIpc) is 3.21. The van der Waals surface area contributed by atoms with E-state index >= 15 is 0 Å². The monoisotopic (exact) mass is 322 g/mol. The first-order valence-electron chi connectivity index (χ1n) is 7.20. The first kappa shape index (κ1) is 13.8. The number of rotatable bonds is 3. The van der Waals surface area contributed by atoms with Crippen molar-refractivity contribution >= 4 is 22.4 Å². The topological polar surface area (TPSA) is 69.1 Å². The molecule has 114 valence electrons. The molecule has 0 radical (unpaired) electrons. The molecular weight excluding hydrogens is 308 g/mol. The summed E-state index contributed by atoms with van der Waals surface area (Å²) in [6.45, 7) is 0. The molecule has 5 heteroatoms. The fraction of sp³-hybridized carbons (Fsp3) is 0.0556. The van der Waals surface area contributed by atoms with E-state index in [0.29, 0.717) is 6.42 Å². The van der Waals surface area contributed by atoms with Gasteiger partial charge < -0.3 is 15.2 Å². The largest absolute Gasteiger partial charge is 0.504 e. The number of nitrogens with zero attached hydrogens (tertiary/aromatic N) is 1. The summed E-state index contributed by atoms with van der Waals surface area (Å²) in [5, 5.41) is 24.3. The quantitative estimate of drug-likeness (QED) is 0.493. The van der Waals surface area contributed by atoms with Gasteiger partial charge in [-0.3, -0.25) is 0 Å². The predicted molar refractivity (Wildman–Crippen MR) is 92.0 cm³/mol. The van der Waals surface area contributed by atoms with Gasteiger partial charge in [0.15, 0.2) is 11.5 Å². The SMILES string of the molecule is Oc1ccc(Cc2c[nH]c3ncc(-c4ccsc4)cc23)cc1O. The third-order valence-electron chi connectivity index (χ3n) is 3.91. The zero-order valence-corrected chi connectivity index (χ0v) is 13.0. The molecule has 3 aromatic heterocycles. The summed E-state index contributed by atoms with van der Waals surface area (Å²) in [4.78, 5) is 7.68. The minimum absolute atomic E-state index is 0.0978. The number of phenolic OH excluding ortho intramolecular Hbond substituents is 2. The lowest BCUT2D eigenvalue weighted by atomic mass is 10.0. The summed E-state index contributed by atoms with van der Waals surface area (Å²) in [6.07, 6.45) is 4.47. The van der Waals surface area contributed by atoms with Crippen LogP contribution in [0.25, 0.3) is 22.2 Å². The van der Waals surface area contributed by atoms with Gasteiger partial charge >= 0.3 is 0 Å². The van der Waals surface area contributed by atoms with Gasteiger partial charge in [-0.2, -0.15) is 11.3 Å². The molecule has 0 spiro atoms. The molecule has 0 fully saturated rings. The number of hydrogen-bond acceptors (Lipinski definition) is 4. The number of aromatic amines is 1. The minimum Gasteiger partial charge on any atom is -0.504 e. The Morgan fingerprint density at radius 1 is 1.04 bits per heavy atom. The van der Waals surface area contributed by atoms with Crippen molar-refractivity contribution in [1.82, 2.24) is 9.97 Å². The van der Waals surface area contributed by atoms with Crippen LogP contribution >= 0.6 is 11.3 Å². The molecule has 0 aliphatic rings. The number of benzene rings is 1. The molecule has 0 saturated heterocycles. The van der Waals surface area contributed by atoms with Crippen LogP contribution in [0.4, 0.5) is 0 Å². The molecule has 4 rings (SSSR count). The normalized spacial score (nSPS) is 11.1. The van der Waals surface area contributed by atoms with E-state index in [4.69, 9.17) is 0 Å². The molecule has 0 unspecified atom stereocenters. The maximum atomic E-state index is 9.64. The molecule has 3 heterocycles. The predicted octanol–water partition coefficient (Wildman–Crippen LogP) is 4.29. The van der Waals surface area contributed by atoms with E-state index in [-0.39, 0.29) is 11.5 Å². The van der Waals surface area contributed by atoms with Crippen LogP contribution in [-0.4, -0.2) is 20.2 Å². The van der Waals surface area contributed by atoms with Crippen LogP contribution in [-0.2, 0) is 6.42 Å². The zero-order valence-electron chi connectivity index (χ0n) is 12.2. The molecule has 0 atom stereocenters. The average molecular weight is 322 g/mol. The van der Waals surface area contributed by atoms with Crippen LogP contribution in [0.2, 0.25) is 0 Å². The smallest absolute Gasteiger partial charge is 0.157 e. The van der Waals surface area contributed by atoms with E-state index in [1.54, 1.807) is 17.4 Å². The van der Waals surface area contributed by atoms with Crippen LogP contribution in [0.3, 0.4) is 0 Å². The van der Waals surface area contributed by atoms with Crippen molar-refractivity contribution in [3.63, 3.8) is 0 Å². The highest BCUT2D eigenvalue weighted by molar-refractivity contribution is 7.08. The molecule has 23 heavy (non-hydrogen) atoms. The highest BCUT2D eigenvalue weighted by atomic mass is 32.1. The molecule has 3 N–H and O–H groups in total. The molecule has 4 aromatic rings. The Labute approximate surface area is 136 Å². The Balaban J connectivity index is 1.74. The maximum Gasteiger partial charge on any atom is 0.157 e. The van der Waals surface area contributed by atoms with Crippen molar-refractivity contribution in [2.24, 2.45) is 0 Å². The Kier molecular flexibility index (Phi) is 3.28. The molecule has 0 bridgehead atoms. The summed E-state index contributed by atoms with van der Waals surface area (Å²) in [5.41, 5.74) is 5.14. The highest BCUT2D eigenvalue weighted by Gasteiger charge is 2.09. The van der Waals surface area contributed by atoms with Crippen molar-refractivity contribution in [2.75, 3.05) is 0 Å². The third-order valence-corrected chi connectivity index (χ3v) is 4.59. The van der Waals surface area contributed by atoms with E-state index in [1.165, 1.54) is 11.6 Å². The zero-order chi connectivity index (χ0) is 15.8. The lowest BCUT2D eigenvalue weighted by molar-refractivity contribution is 0.403. The number of aromatic hydroxyl groups is 2. The summed E-state index contributed by atoms with van der Waals surface area (Å²) >= 11 is 1.66. The molecular formula is C18H14N2O2S. The summed E-state index contributed by atoms with van der Waals surface area (Å²) in [5.74, 6) is -0.200. The van der Waals surface area contributed by atoms with Gasteiger partial charge in [0, 0.05) is 23.3 Å². The van der Waals surface area contributed by atoms with Gasteiger partial charge in [0.05, 0.1) is 0 Å². The first-order valence-corrected chi connectivity index (χ1v) is 8.14. The van der Waals surface area contributed by atoms with Gasteiger partial charge in [0.25, 0.3) is 0 Å². The lowest BCUT2D eigenvalue weighted by Gasteiger charge is -2.04. The minimum atomic E-state index is -0.103. The summed E-state index contributed by atoms with van der Waals surface area (Å²) in [6, 6.07) is 9.12. The Morgan fingerprint density at radius 3 is 2.74 bits per heavy atom. The van der Waals surface area contributed by atoms with Crippen LogP contribution in [0.15, 0.2) is 53.5 Å².